The van der Waals surface area contributed by atoms with Crippen molar-refractivity contribution in [3.63, 3.8) is 0 Å². The third-order valence-electron chi connectivity index (χ3n) is 10.2. The fourth-order valence-electron chi connectivity index (χ4n) is 8.43. The average Bonchev–Trinajstić information content (AvgIpc) is 3.00. The van der Waals surface area contributed by atoms with Crippen molar-refractivity contribution in [2.75, 3.05) is 5.32 Å². The van der Waals surface area contributed by atoms with E-state index in [0.717, 1.165) is 37.0 Å². The van der Waals surface area contributed by atoms with E-state index in [2.05, 4.69) is 19.2 Å². The van der Waals surface area contributed by atoms with Gasteiger partial charge in [-0.25, -0.2) is 4.39 Å². The monoisotopic (exact) mass is 399 g/mol. The predicted octanol–water partition coefficient (Wildman–Crippen LogP) is 6.40. The first-order valence-corrected chi connectivity index (χ1v) is 12.0. The molecule has 0 spiro atoms. The third kappa shape index (κ3) is 3.06. The van der Waals surface area contributed by atoms with Gasteiger partial charge in [-0.05, 0) is 111 Å². The number of aliphatic hydroxyl groups is 1. The fraction of sp³-hybridized carbons (Fsp3) is 0.769. The maximum Gasteiger partial charge on any atom is 0.146 e. The molecule has 4 fully saturated rings. The van der Waals surface area contributed by atoms with Crippen LogP contribution in [0.1, 0.15) is 78.6 Å². The lowest BCUT2D eigenvalue weighted by molar-refractivity contribution is -0.142. The molecule has 5 rings (SSSR count). The molecule has 3 heteroatoms. The van der Waals surface area contributed by atoms with Crippen molar-refractivity contribution in [2.24, 2.45) is 34.5 Å². The molecule has 2 nitrogen and oxygen atoms in total. The minimum atomic E-state index is -0.456. The summed E-state index contributed by atoms with van der Waals surface area (Å²) in [5, 5.41) is 14.3. The van der Waals surface area contributed by atoms with E-state index in [1.54, 1.807) is 12.1 Å². The van der Waals surface area contributed by atoms with E-state index in [1.807, 2.05) is 19.1 Å². The minimum absolute atomic E-state index is 0.129. The second-order valence-corrected chi connectivity index (χ2v) is 11.7. The second-order valence-electron chi connectivity index (χ2n) is 11.7. The molecule has 0 radical (unpaired) electrons. The van der Waals surface area contributed by atoms with Crippen molar-refractivity contribution in [3.8, 4) is 0 Å². The molecule has 0 aliphatic heterocycles. The minimum Gasteiger partial charge on any atom is -0.390 e. The summed E-state index contributed by atoms with van der Waals surface area (Å²) in [6.45, 7) is 7.09. The van der Waals surface area contributed by atoms with Crippen LogP contribution in [0.15, 0.2) is 24.3 Å². The highest BCUT2D eigenvalue weighted by atomic mass is 19.1. The zero-order chi connectivity index (χ0) is 20.4. The Bertz CT molecular complexity index is 778. The van der Waals surface area contributed by atoms with Crippen molar-refractivity contribution in [2.45, 2.75) is 90.2 Å². The SMILES string of the molecule is C[C@@]1(O)CC[C@@]2(C)[C@@H](CC[C@@H]3[C@@H]2CC[C@]2(C)[C@@H](Nc4ccccc4F)CC[C@@H]32)C1. The molecule has 0 heterocycles. The van der Waals surface area contributed by atoms with Gasteiger partial charge in [-0.1, -0.05) is 26.0 Å². The zero-order valence-electron chi connectivity index (χ0n) is 18.4. The smallest absolute Gasteiger partial charge is 0.146 e. The number of anilines is 1. The lowest BCUT2D eigenvalue weighted by Gasteiger charge is -2.61. The maximum absolute atomic E-state index is 14.3. The average molecular weight is 400 g/mol. The highest BCUT2D eigenvalue weighted by Crippen LogP contribution is 2.67. The molecule has 0 saturated heterocycles. The number of para-hydroxylation sites is 1. The van der Waals surface area contributed by atoms with Gasteiger partial charge in [0.2, 0.25) is 0 Å². The van der Waals surface area contributed by atoms with Crippen molar-refractivity contribution < 1.29 is 9.50 Å². The molecule has 4 aliphatic rings. The summed E-state index contributed by atoms with van der Waals surface area (Å²) in [5.41, 5.74) is 0.894. The van der Waals surface area contributed by atoms with Gasteiger partial charge in [-0.2, -0.15) is 0 Å². The van der Waals surface area contributed by atoms with E-state index in [1.165, 1.54) is 38.5 Å². The van der Waals surface area contributed by atoms with Gasteiger partial charge >= 0.3 is 0 Å². The van der Waals surface area contributed by atoms with E-state index < -0.39 is 5.60 Å². The van der Waals surface area contributed by atoms with Crippen LogP contribution in [-0.2, 0) is 0 Å². The largest absolute Gasteiger partial charge is 0.390 e. The van der Waals surface area contributed by atoms with E-state index in [4.69, 9.17) is 0 Å². The molecular formula is C26H38FNO. The van der Waals surface area contributed by atoms with Gasteiger partial charge in [-0.15, -0.1) is 0 Å². The van der Waals surface area contributed by atoms with Crippen LogP contribution in [-0.4, -0.2) is 16.7 Å². The zero-order valence-corrected chi connectivity index (χ0v) is 18.4. The second kappa shape index (κ2) is 6.70. The van der Waals surface area contributed by atoms with Gasteiger partial charge in [0, 0.05) is 6.04 Å². The van der Waals surface area contributed by atoms with Crippen molar-refractivity contribution in [1.82, 2.24) is 0 Å². The van der Waals surface area contributed by atoms with Crippen LogP contribution < -0.4 is 5.32 Å². The molecule has 0 amide bonds. The predicted molar refractivity (Wildman–Crippen MR) is 116 cm³/mol. The Morgan fingerprint density at radius 1 is 0.897 bits per heavy atom. The summed E-state index contributed by atoms with van der Waals surface area (Å²) in [4.78, 5) is 0. The number of nitrogens with one attached hydrogen (secondary N) is 1. The first-order chi connectivity index (χ1) is 13.7. The number of rotatable bonds is 2. The van der Waals surface area contributed by atoms with Crippen molar-refractivity contribution in [1.29, 1.82) is 0 Å². The quantitative estimate of drug-likeness (QED) is 0.603. The van der Waals surface area contributed by atoms with E-state index in [-0.39, 0.29) is 11.2 Å². The highest BCUT2D eigenvalue weighted by molar-refractivity contribution is 5.46. The number of benzene rings is 1. The summed E-state index contributed by atoms with van der Waals surface area (Å²) in [5.74, 6) is 2.93. The molecule has 1 aromatic carbocycles. The van der Waals surface area contributed by atoms with E-state index >= 15 is 0 Å². The van der Waals surface area contributed by atoms with Gasteiger partial charge < -0.3 is 10.4 Å². The Balaban J connectivity index is 1.37. The van der Waals surface area contributed by atoms with Gasteiger partial charge in [0.05, 0.1) is 11.3 Å². The van der Waals surface area contributed by atoms with Crippen LogP contribution in [0.3, 0.4) is 0 Å². The molecule has 8 atom stereocenters. The summed E-state index contributed by atoms with van der Waals surface area (Å²) in [6, 6.07) is 7.53. The Labute approximate surface area is 175 Å². The Hall–Kier alpha value is -1.09. The third-order valence-corrected chi connectivity index (χ3v) is 10.2. The number of hydrogen-bond acceptors (Lipinski definition) is 2. The summed E-state index contributed by atoms with van der Waals surface area (Å²) >= 11 is 0. The summed E-state index contributed by atoms with van der Waals surface area (Å²) in [6.07, 6.45) is 10.8. The van der Waals surface area contributed by atoms with Crippen molar-refractivity contribution >= 4 is 5.69 Å². The fourth-order valence-corrected chi connectivity index (χ4v) is 8.43. The Kier molecular flexibility index (Phi) is 4.59. The first kappa shape index (κ1) is 19.8. The molecule has 0 unspecified atom stereocenters. The number of fused-ring (bicyclic) bond motifs is 5. The van der Waals surface area contributed by atoms with E-state index in [9.17, 15) is 9.50 Å². The lowest BCUT2D eigenvalue weighted by atomic mass is 9.44. The van der Waals surface area contributed by atoms with Crippen LogP contribution in [0.25, 0.3) is 0 Å². The summed E-state index contributed by atoms with van der Waals surface area (Å²) < 4.78 is 14.3. The normalized spacial score (nSPS) is 49.1. The van der Waals surface area contributed by atoms with Crippen molar-refractivity contribution in [3.05, 3.63) is 30.1 Å². The molecule has 4 saturated carbocycles. The van der Waals surface area contributed by atoms with Crippen LogP contribution in [0, 0.1) is 40.3 Å². The van der Waals surface area contributed by atoms with Gasteiger partial charge in [0.15, 0.2) is 0 Å². The summed E-state index contributed by atoms with van der Waals surface area (Å²) in [7, 11) is 0. The van der Waals surface area contributed by atoms with E-state index in [0.29, 0.717) is 23.1 Å². The number of hydrogen-bond donors (Lipinski definition) is 2. The molecule has 29 heavy (non-hydrogen) atoms. The number of halogens is 1. The Morgan fingerprint density at radius 2 is 1.66 bits per heavy atom. The molecular weight excluding hydrogens is 361 g/mol. The van der Waals surface area contributed by atoms with Crippen LogP contribution >= 0.6 is 0 Å². The lowest BCUT2D eigenvalue weighted by Crippen LogP contribution is -2.56. The Morgan fingerprint density at radius 3 is 2.45 bits per heavy atom. The molecule has 4 aliphatic carbocycles. The molecule has 160 valence electrons. The van der Waals surface area contributed by atoms with Crippen LogP contribution in [0.4, 0.5) is 10.1 Å². The molecule has 0 aromatic heterocycles. The van der Waals surface area contributed by atoms with Gasteiger partial charge in [0.25, 0.3) is 0 Å². The van der Waals surface area contributed by atoms with Gasteiger partial charge in [-0.3, -0.25) is 0 Å². The molecule has 0 bridgehead atoms. The highest BCUT2D eigenvalue weighted by Gasteiger charge is 2.60. The van der Waals surface area contributed by atoms with Crippen LogP contribution in [0.2, 0.25) is 0 Å². The topological polar surface area (TPSA) is 32.3 Å². The molecule has 2 N–H and O–H groups in total. The van der Waals surface area contributed by atoms with Crippen LogP contribution in [0.5, 0.6) is 0 Å². The maximum atomic E-state index is 14.3. The molecule has 1 aromatic rings. The first-order valence-electron chi connectivity index (χ1n) is 12.0. The van der Waals surface area contributed by atoms with Gasteiger partial charge in [0.1, 0.15) is 5.82 Å². The standard InChI is InChI=1S/C26H38FNO/c1-24(29)14-15-25(2)17(16-24)8-9-18-19-10-11-23(26(19,3)13-12-20(18)25)28-22-7-5-4-6-21(22)27/h4-7,17-20,23,28-29H,8-16H2,1-3H3/t17-,18-,19-,20-,23-,24+,25-,26-/m0/s1.